The van der Waals surface area contributed by atoms with Crippen LogP contribution in [0, 0.1) is 0 Å². The van der Waals surface area contributed by atoms with Crippen LogP contribution in [-0.4, -0.2) is 23.4 Å². The molecule has 0 radical (unpaired) electrons. The van der Waals surface area contributed by atoms with Gasteiger partial charge in [-0.1, -0.05) is 37.0 Å². The summed E-state index contributed by atoms with van der Waals surface area (Å²) in [6.07, 6.45) is 2.72. The summed E-state index contributed by atoms with van der Waals surface area (Å²) in [7, 11) is 0. The van der Waals surface area contributed by atoms with Gasteiger partial charge >= 0.3 is 0 Å². The van der Waals surface area contributed by atoms with Crippen LogP contribution in [0.1, 0.15) is 25.8 Å². The molecule has 1 aromatic carbocycles. The summed E-state index contributed by atoms with van der Waals surface area (Å²) in [4.78, 5) is 12.3. The van der Waals surface area contributed by atoms with Gasteiger partial charge in [-0.3, -0.25) is 4.79 Å². The van der Waals surface area contributed by atoms with Gasteiger partial charge < -0.3 is 14.8 Å². The molecule has 1 amide bonds. The Hall–Kier alpha value is -1.53. The first kappa shape index (κ1) is 15.9. The highest BCUT2D eigenvalue weighted by Crippen LogP contribution is 2.31. The molecule has 1 fully saturated rings. The molecular weight excluding hydrogens is 306 g/mol. The molecule has 1 heterocycles. The van der Waals surface area contributed by atoms with E-state index in [1.165, 1.54) is 11.8 Å². The van der Waals surface area contributed by atoms with Gasteiger partial charge in [-0.15, -0.1) is 0 Å². The van der Waals surface area contributed by atoms with Gasteiger partial charge in [0, 0.05) is 0 Å². The van der Waals surface area contributed by atoms with Crippen molar-refractivity contribution in [3.8, 4) is 11.5 Å². The number of thiocarbonyl (C=S) groups is 1. The van der Waals surface area contributed by atoms with Crippen molar-refractivity contribution in [1.82, 2.24) is 5.32 Å². The highest BCUT2D eigenvalue weighted by atomic mass is 32.2. The fraction of sp³-hybridized carbons (Fsp3) is 0.333. The molecule has 1 saturated heterocycles. The Bertz CT molecular complexity index is 584. The van der Waals surface area contributed by atoms with Gasteiger partial charge in [0.1, 0.15) is 4.32 Å². The molecule has 0 bridgehead atoms. The van der Waals surface area contributed by atoms with E-state index in [0.717, 1.165) is 12.0 Å². The Labute approximate surface area is 133 Å². The van der Waals surface area contributed by atoms with E-state index >= 15 is 0 Å². The van der Waals surface area contributed by atoms with Crippen LogP contribution in [0.15, 0.2) is 23.1 Å². The lowest BCUT2D eigenvalue weighted by Gasteiger charge is -2.12. The topological polar surface area (TPSA) is 47.6 Å². The summed E-state index contributed by atoms with van der Waals surface area (Å²) in [5, 5.41) is 2.60. The van der Waals surface area contributed by atoms with Crippen molar-refractivity contribution in [2.75, 3.05) is 13.2 Å². The molecule has 4 nitrogen and oxygen atoms in total. The molecule has 21 heavy (non-hydrogen) atoms. The Balaban J connectivity index is 2.26. The molecule has 1 aliphatic heterocycles. The molecule has 0 spiro atoms. The van der Waals surface area contributed by atoms with Crippen LogP contribution in [0.4, 0.5) is 0 Å². The smallest absolute Gasteiger partial charge is 0.263 e. The van der Waals surface area contributed by atoms with Crippen molar-refractivity contribution in [2.24, 2.45) is 0 Å². The molecule has 1 aliphatic rings. The van der Waals surface area contributed by atoms with Gasteiger partial charge in [0.2, 0.25) is 0 Å². The quantitative estimate of drug-likeness (QED) is 0.642. The molecule has 0 saturated carbocycles. The van der Waals surface area contributed by atoms with Crippen molar-refractivity contribution >= 4 is 40.3 Å². The van der Waals surface area contributed by atoms with Crippen LogP contribution in [0.5, 0.6) is 11.5 Å². The zero-order chi connectivity index (χ0) is 15.2. The van der Waals surface area contributed by atoms with E-state index in [1.54, 1.807) is 6.08 Å². The number of ether oxygens (including phenoxy) is 2. The van der Waals surface area contributed by atoms with E-state index in [9.17, 15) is 4.79 Å². The van der Waals surface area contributed by atoms with Gasteiger partial charge in [-0.05, 0) is 37.1 Å². The van der Waals surface area contributed by atoms with Crippen LogP contribution in [0.3, 0.4) is 0 Å². The minimum absolute atomic E-state index is 0.157. The average Bonchev–Trinajstić information content (AvgIpc) is 2.77. The van der Waals surface area contributed by atoms with Gasteiger partial charge in [0.15, 0.2) is 11.5 Å². The average molecular weight is 323 g/mol. The van der Waals surface area contributed by atoms with E-state index < -0.39 is 0 Å². The van der Waals surface area contributed by atoms with E-state index in [2.05, 4.69) is 5.32 Å². The number of benzene rings is 1. The minimum atomic E-state index is -0.157. The molecule has 1 aromatic rings. The summed E-state index contributed by atoms with van der Waals surface area (Å²) in [5.74, 6) is 1.25. The largest absolute Gasteiger partial charge is 0.490 e. The highest BCUT2D eigenvalue weighted by molar-refractivity contribution is 8.26. The number of carbonyl (C=O) groups is 1. The third-order valence-corrected chi connectivity index (χ3v) is 3.83. The molecule has 0 unspecified atom stereocenters. The maximum Gasteiger partial charge on any atom is 0.263 e. The van der Waals surface area contributed by atoms with Gasteiger partial charge in [0.05, 0.1) is 18.1 Å². The van der Waals surface area contributed by atoms with Gasteiger partial charge in [-0.2, -0.15) is 0 Å². The number of nitrogens with one attached hydrogen (secondary N) is 1. The first-order chi connectivity index (χ1) is 10.1. The lowest BCUT2D eigenvalue weighted by molar-refractivity contribution is -0.115. The third-order valence-electron chi connectivity index (χ3n) is 2.67. The molecular formula is C15H17NO3S2. The predicted molar refractivity (Wildman–Crippen MR) is 89.7 cm³/mol. The Kier molecular flexibility index (Phi) is 5.64. The fourth-order valence-corrected chi connectivity index (χ4v) is 2.83. The normalized spacial score (nSPS) is 16.2. The number of carbonyl (C=O) groups excluding carboxylic acids is 1. The summed E-state index contributed by atoms with van der Waals surface area (Å²) in [5.41, 5.74) is 0.881. The summed E-state index contributed by atoms with van der Waals surface area (Å²) in [6.45, 7) is 5.18. The molecule has 2 rings (SSSR count). The predicted octanol–water partition coefficient (Wildman–Crippen LogP) is 3.36. The van der Waals surface area contributed by atoms with Crippen molar-refractivity contribution in [1.29, 1.82) is 0 Å². The number of rotatable bonds is 6. The number of thioether (sulfide) groups is 1. The van der Waals surface area contributed by atoms with Crippen LogP contribution in [0.2, 0.25) is 0 Å². The Morgan fingerprint density at radius 1 is 1.29 bits per heavy atom. The zero-order valence-corrected chi connectivity index (χ0v) is 13.6. The van der Waals surface area contributed by atoms with E-state index in [-0.39, 0.29) is 5.91 Å². The lowest BCUT2D eigenvalue weighted by atomic mass is 10.2. The third kappa shape index (κ3) is 4.22. The van der Waals surface area contributed by atoms with Gasteiger partial charge in [-0.25, -0.2) is 0 Å². The van der Waals surface area contributed by atoms with E-state index in [4.69, 9.17) is 21.7 Å². The second-order valence-electron chi connectivity index (χ2n) is 4.34. The summed E-state index contributed by atoms with van der Waals surface area (Å²) >= 11 is 6.24. The van der Waals surface area contributed by atoms with Crippen molar-refractivity contribution in [2.45, 2.75) is 20.3 Å². The summed E-state index contributed by atoms with van der Waals surface area (Å²) < 4.78 is 11.7. The second kappa shape index (κ2) is 7.47. The van der Waals surface area contributed by atoms with Crippen LogP contribution in [-0.2, 0) is 4.79 Å². The highest BCUT2D eigenvalue weighted by Gasteiger charge is 2.22. The zero-order valence-electron chi connectivity index (χ0n) is 12.0. The number of hydrogen-bond acceptors (Lipinski definition) is 5. The number of amides is 1. The SMILES string of the molecule is CCCOc1cc(/C=C2\SC(=S)NC2=O)ccc1OCC. The molecule has 0 aliphatic carbocycles. The Morgan fingerprint density at radius 3 is 2.71 bits per heavy atom. The van der Waals surface area contributed by atoms with Crippen molar-refractivity contribution < 1.29 is 14.3 Å². The number of hydrogen-bond donors (Lipinski definition) is 1. The van der Waals surface area contributed by atoms with Crippen molar-refractivity contribution in [3.05, 3.63) is 28.7 Å². The monoisotopic (exact) mass is 323 g/mol. The van der Waals surface area contributed by atoms with Crippen LogP contribution in [0.25, 0.3) is 6.08 Å². The molecule has 1 N–H and O–H groups in total. The molecule has 6 heteroatoms. The Morgan fingerprint density at radius 2 is 2.10 bits per heavy atom. The first-order valence-corrected chi connectivity index (χ1v) is 8.01. The maximum atomic E-state index is 11.7. The molecule has 112 valence electrons. The van der Waals surface area contributed by atoms with Crippen LogP contribution >= 0.6 is 24.0 Å². The lowest BCUT2D eigenvalue weighted by Crippen LogP contribution is -2.17. The van der Waals surface area contributed by atoms with Gasteiger partial charge in [0.25, 0.3) is 5.91 Å². The fourth-order valence-electron chi connectivity index (χ4n) is 1.79. The van der Waals surface area contributed by atoms with E-state index in [0.29, 0.717) is 33.9 Å². The minimum Gasteiger partial charge on any atom is -0.490 e. The van der Waals surface area contributed by atoms with E-state index in [1.807, 2.05) is 32.0 Å². The molecule has 0 atom stereocenters. The first-order valence-electron chi connectivity index (χ1n) is 6.78. The molecule has 0 aromatic heterocycles. The maximum absolute atomic E-state index is 11.7. The summed E-state index contributed by atoms with van der Waals surface area (Å²) in [6, 6.07) is 5.63. The van der Waals surface area contributed by atoms with Crippen LogP contribution < -0.4 is 14.8 Å². The van der Waals surface area contributed by atoms with Crippen molar-refractivity contribution in [3.63, 3.8) is 0 Å². The standard InChI is InChI=1S/C15H17NO3S2/c1-3-7-19-12-8-10(5-6-11(12)18-4-2)9-13-14(17)16-15(20)21-13/h5-6,8-9H,3-4,7H2,1-2H3,(H,16,17,20)/b13-9-. The second-order valence-corrected chi connectivity index (χ2v) is 6.06.